The van der Waals surface area contributed by atoms with Gasteiger partial charge in [0.05, 0.1) is 11.8 Å². The summed E-state index contributed by atoms with van der Waals surface area (Å²) in [6.07, 6.45) is 0.163. The molecule has 0 fully saturated rings. The molecule has 0 atom stereocenters. The van der Waals surface area contributed by atoms with Crippen molar-refractivity contribution in [2.24, 2.45) is 0 Å². The number of hydrogen-bond acceptors (Lipinski definition) is 3. The summed E-state index contributed by atoms with van der Waals surface area (Å²) in [6.45, 7) is 7.65. The molecule has 0 amide bonds. The molecule has 0 bridgehead atoms. The molecule has 0 aliphatic heterocycles. The van der Waals surface area contributed by atoms with Crippen molar-refractivity contribution < 1.29 is 4.74 Å². The topological polar surface area (TPSA) is 33.3 Å². The minimum absolute atomic E-state index is 0.163. The number of nitrogens with one attached hydrogen (secondary N) is 2. The Hall–Kier alpha value is -1.87. The quantitative estimate of drug-likeness (QED) is 0.708. The maximum absolute atomic E-state index is 6.12. The Kier molecular flexibility index (Phi) is 5.96. The molecule has 3 nitrogen and oxygen atoms in total. The van der Waals surface area contributed by atoms with E-state index in [-0.39, 0.29) is 6.10 Å². The van der Waals surface area contributed by atoms with Crippen LogP contribution in [-0.2, 0) is 0 Å². The van der Waals surface area contributed by atoms with E-state index in [4.69, 9.17) is 16.3 Å². The van der Waals surface area contributed by atoms with E-state index in [1.54, 1.807) is 0 Å². The molecule has 0 aromatic heterocycles. The summed E-state index contributed by atoms with van der Waals surface area (Å²) >= 11 is 6.12. The van der Waals surface area contributed by atoms with E-state index in [1.807, 2.05) is 63.2 Å². The van der Waals surface area contributed by atoms with Crippen molar-refractivity contribution in [3.63, 3.8) is 0 Å². The van der Waals surface area contributed by atoms with Gasteiger partial charge in [-0.25, -0.2) is 0 Å². The summed E-state index contributed by atoms with van der Waals surface area (Å²) in [7, 11) is 0. The molecule has 0 spiro atoms. The number of hydrogen-bond donors (Lipinski definition) is 2. The fourth-order valence-corrected chi connectivity index (χ4v) is 2.26. The lowest BCUT2D eigenvalue weighted by atomic mass is 10.2. The SMILES string of the molecule is Cc1ccc(NCCNc2ccccc2OC(C)C)cc1Cl. The summed E-state index contributed by atoms with van der Waals surface area (Å²) in [5, 5.41) is 7.54. The highest BCUT2D eigenvalue weighted by molar-refractivity contribution is 6.31. The first-order chi connectivity index (χ1) is 10.6. The van der Waals surface area contributed by atoms with Crippen molar-refractivity contribution in [1.82, 2.24) is 0 Å². The van der Waals surface area contributed by atoms with E-state index in [0.29, 0.717) is 0 Å². The zero-order chi connectivity index (χ0) is 15.9. The second-order valence-electron chi connectivity index (χ2n) is 5.48. The molecular weight excluding hydrogens is 296 g/mol. The fraction of sp³-hybridized carbons (Fsp3) is 0.333. The van der Waals surface area contributed by atoms with Crippen LogP contribution in [0.15, 0.2) is 42.5 Å². The van der Waals surface area contributed by atoms with Gasteiger partial charge in [-0.15, -0.1) is 0 Å². The minimum atomic E-state index is 0.163. The molecule has 0 aliphatic carbocycles. The van der Waals surface area contributed by atoms with Crippen molar-refractivity contribution in [2.45, 2.75) is 26.9 Å². The van der Waals surface area contributed by atoms with Gasteiger partial charge < -0.3 is 15.4 Å². The van der Waals surface area contributed by atoms with Gasteiger partial charge in [0, 0.05) is 23.8 Å². The van der Waals surface area contributed by atoms with Gasteiger partial charge in [0.2, 0.25) is 0 Å². The van der Waals surface area contributed by atoms with Crippen LogP contribution in [0.5, 0.6) is 5.75 Å². The van der Waals surface area contributed by atoms with Crippen LogP contribution in [0.3, 0.4) is 0 Å². The maximum atomic E-state index is 6.12. The summed E-state index contributed by atoms with van der Waals surface area (Å²) in [4.78, 5) is 0. The molecule has 0 unspecified atom stereocenters. The molecular formula is C18H23ClN2O. The number of rotatable bonds is 7. The Morgan fingerprint density at radius 2 is 1.77 bits per heavy atom. The Labute approximate surface area is 137 Å². The van der Waals surface area contributed by atoms with Crippen LogP contribution in [0.4, 0.5) is 11.4 Å². The third kappa shape index (κ3) is 4.85. The molecule has 0 heterocycles. The monoisotopic (exact) mass is 318 g/mol. The average molecular weight is 319 g/mol. The second-order valence-corrected chi connectivity index (χ2v) is 5.89. The third-order valence-corrected chi connectivity index (χ3v) is 3.60. The number of halogens is 1. The molecule has 22 heavy (non-hydrogen) atoms. The largest absolute Gasteiger partial charge is 0.489 e. The standard InChI is InChI=1S/C18H23ClN2O/c1-13(2)22-18-7-5-4-6-17(18)21-11-10-20-15-9-8-14(3)16(19)12-15/h4-9,12-13,20-21H,10-11H2,1-3H3. The Morgan fingerprint density at radius 1 is 1.05 bits per heavy atom. The molecule has 2 aromatic carbocycles. The van der Waals surface area contributed by atoms with Gasteiger partial charge in [0.1, 0.15) is 5.75 Å². The maximum Gasteiger partial charge on any atom is 0.142 e. The second kappa shape index (κ2) is 7.95. The number of ether oxygens (including phenoxy) is 1. The van der Waals surface area contributed by atoms with Crippen molar-refractivity contribution in [3.05, 3.63) is 53.1 Å². The highest BCUT2D eigenvalue weighted by atomic mass is 35.5. The normalized spacial score (nSPS) is 10.6. The molecule has 2 N–H and O–H groups in total. The molecule has 118 valence electrons. The summed E-state index contributed by atoms with van der Waals surface area (Å²) < 4.78 is 5.79. The molecule has 0 radical (unpaired) electrons. The lowest BCUT2D eigenvalue weighted by Gasteiger charge is -2.16. The van der Waals surface area contributed by atoms with Crippen LogP contribution in [0, 0.1) is 6.92 Å². The van der Waals surface area contributed by atoms with Gasteiger partial charge in [0.15, 0.2) is 0 Å². The van der Waals surface area contributed by atoms with E-state index in [9.17, 15) is 0 Å². The lowest BCUT2D eigenvalue weighted by Crippen LogP contribution is -2.15. The molecule has 0 saturated carbocycles. The van der Waals surface area contributed by atoms with Gasteiger partial charge >= 0.3 is 0 Å². The van der Waals surface area contributed by atoms with Gasteiger partial charge in [-0.05, 0) is 50.6 Å². The van der Waals surface area contributed by atoms with E-state index < -0.39 is 0 Å². The van der Waals surface area contributed by atoms with Crippen molar-refractivity contribution in [1.29, 1.82) is 0 Å². The number of benzene rings is 2. The first kappa shape index (κ1) is 16.5. The Bertz CT molecular complexity index is 614. The van der Waals surface area contributed by atoms with Gasteiger partial charge in [-0.2, -0.15) is 0 Å². The molecule has 2 aromatic rings. The van der Waals surface area contributed by atoms with Gasteiger partial charge in [-0.1, -0.05) is 29.8 Å². The number of para-hydroxylation sites is 2. The zero-order valence-corrected chi connectivity index (χ0v) is 14.1. The molecule has 2 rings (SSSR count). The van der Waals surface area contributed by atoms with Crippen LogP contribution < -0.4 is 15.4 Å². The predicted octanol–water partition coefficient (Wildman–Crippen LogP) is 4.96. The van der Waals surface area contributed by atoms with Crippen molar-refractivity contribution >= 4 is 23.0 Å². The lowest BCUT2D eigenvalue weighted by molar-refractivity contribution is 0.243. The smallest absolute Gasteiger partial charge is 0.142 e. The molecule has 0 saturated heterocycles. The van der Waals surface area contributed by atoms with E-state index >= 15 is 0 Å². The summed E-state index contributed by atoms with van der Waals surface area (Å²) in [6, 6.07) is 14.0. The van der Waals surface area contributed by atoms with Crippen LogP contribution in [0.25, 0.3) is 0 Å². The molecule has 4 heteroatoms. The average Bonchev–Trinajstić information content (AvgIpc) is 2.48. The highest BCUT2D eigenvalue weighted by Crippen LogP contribution is 2.24. The van der Waals surface area contributed by atoms with Gasteiger partial charge in [-0.3, -0.25) is 0 Å². The predicted molar refractivity (Wildman–Crippen MR) is 95.4 cm³/mol. The summed E-state index contributed by atoms with van der Waals surface area (Å²) in [5.74, 6) is 0.885. The fourth-order valence-electron chi connectivity index (χ4n) is 2.08. The molecule has 0 aliphatic rings. The third-order valence-electron chi connectivity index (χ3n) is 3.19. The van der Waals surface area contributed by atoms with Crippen molar-refractivity contribution in [3.8, 4) is 5.75 Å². The van der Waals surface area contributed by atoms with Crippen LogP contribution in [0.1, 0.15) is 19.4 Å². The first-order valence-electron chi connectivity index (χ1n) is 7.56. The van der Waals surface area contributed by atoms with Crippen LogP contribution in [0.2, 0.25) is 5.02 Å². The van der Waals surface area contributed by atoms with Crippen LogP contribution >= 0.6 is 11.6 Å². The Balaban J connectivity index is 1.85. The van der Waals surface area contributed by atoms with Crippen molar-refractivity contribution in [2.75, 3.05) is 23.7 Å². The van der Waals surface area contributed by atoms with E-state index in [1.165, 1.54) is 0 Å². The summed E-state index contributed by atoms with van der Waals surface area (Å²) in [5.41, 5.74) is 3.13. The number of aryl methyl sites for hydroxylation is 1. The Morgan fingerprint density at radius 3 is 2.50 bits per heavy atom. The van der Waals surface area contributed by atoms with E-state index in [0.717, 1.165) is 40.8 Å². The first-order valence-corrected chi connectivity index (χ1v) is 7.93. The number of anilines is 2. The zero-order valence-electron chi connectivity index (χ0n) is 13.3. The van der Waals surface area contributed by atoms with Crippen LogP contribution in [-0.4, -0.2) is 19.2 Å². The van der Waals surface area contributed by atoms with E-state index in [2.05, 4.69) is 10.6 Å². The minimum Gasteiger partial charge on any atom is -0.489 e. The van der Waals surface area contributed by atoms with Gasteiger partial charge in [0.25, 0.3) is 0 Å². The highest BCUT2D eigenvalue weighted by Gasteiger charge is 2.04.